The molecule has 2 N–H and O–H groups in total. The largest absolute Gasteiger partial charge is 0.361 e. The van der Waals surface area contributed by atoms with E-state index in [1.165, 1.54) is 0 Å². The predicted octanol–water partition coefficient (Wildman–Crippen LogP) is 3.07. The van der Waals surface area contributed by atoms with Crippen LogP contribution in [0.5, 0.6) is 0 Å². The molecule has 19 heavy (non-hydrogen) atoms. The summed E-state index contributed by atoms with van der Waals surface area (Å²) in [5.41, 5.74) is 3.55. The van der Waals surface area contributed by atoms with Gasteiger partial charge in [-0.15, -0.1) is 0 Å². The third kappa shape index (κ3) is 2.12. The van der Waals surface area contributed by atoms with E-state index in [1.54, 1.807) is 0 Å². The number of benzene rings is 1. The Hall–Kier alpha value is -2.49. The fourth-order valence-corrected chi connectivity index (χ4v) is 2.28. The lowest BCUT2D eigenvalue weighted by Gasteiger charge is -2.05. The highest BCUT2D eigenvalue weighted by atomic mass is 16.1. The van der Waals surface area contributed by atoms with Crippen LogP contribution < -0.4 is 5.32 Å². The van der Waals surface area contributed by atoms with Gasteiger partial charge in [-0.25, -0.2) is 0 Å². The minimum atomic E-state index is -0.0759. The molecule has 1 aromatic carbocycles. The second-order valence-corrected chi connectivity index (χ2v) is 4.75. The quantitative estimate of drug-likeness (QED) is 0.724. The highest BCUT2D eigenvalue weighted by molar-refractivity contribution is 6.06. The molecule has 0 aliphatic rings. The Morgan fingerprint density at radius 3 is 2.84 bits per heavy atom. The molecule has 4 nitrogen and oxygen atoms in total. The van der Waals surface area contributed by atoms with E-state index in [4.69, 9.17) is 0 Å². The van der Waals surface area contributed by atoms with E-state index in [-0.39, 0.29) is 5.91 Å². The SMILES string of the molecule is Cc1cn(C)cc1C(=O)Nc1ccc2[nH]ccc2c1. The number of amides is 1. The molecular weight excluding hydrogens is 238 g/mol. The van der Waals surface area contributed by atoms with Crippen molar-refractivity contribution >= 4 is 22.5 Å². The number of carbonyl (C=O) groups is 1. The summed E-state index contributed by atoms with van der Waals surface area (Å²) in [5.74, 6) is -0.0759. The van der Waals surface area contributed by atoms with Crippen LogP contribution in [0.1, 0.15) is 15.9 Å². The van der Waals surface area contributed by atoms with E-state index >= 15 is 0 Å². The maximum atomic E-state index is 12.2. The van der Waals surface area contributed by atoms with Gasteiger partial charge in [0.25, 0.3) is 5.91 Å². The van der Waals surface area contributed by atoms with Gasteiger partial charge in [0.1, 0.15) is 0 Å². The number of nitrogens with one attached hydrogen (secondary N) is 2. The fraction of sp³-hybridized carbons (Fsp3) is 0.133. The van der Waals surface area contributed by atoms with Crippen LogP contribution in [0, 0.1) is 6.92 Å². The summed E-state index contributed by atoms with van der Waals surface area (Å²) in [6.45, 7) is 1.93. The van der Waals surface area contributed by atoms with Crippen molar-refractivity contribution < 1.29 is 4.79 Å². The van der Waals surface area contributed by atoms with Crippen LogP contribution >= 0.6 is 0 Å². The lowest BCUT2D eigenvalue weighted by Crippen LogP contribution is -2.12. The number of rotatable bonds is 2. The molecule has 3 aromatic rings. The first-order valence-corrected chi connectivity index (χ1v) is 6.14. The fourth-order valence-electron chi connectivity index (χ4n) is 2.28. The third-order valence-electron chi connectivity index (χ3n) is 3.21. The number of fused-ring (bicyclic) bond motifs is 1. The minimum absolute atomic E-state index is 0.0759. The first-order chi connectivity index (χ1) is 9.13. The van der Waals surface area contributed by atoms with E-state index < -0.39 is 0 Å². The normalized spacial score (nSPS) is 10.8. The van der Waals surface area contributed by atoms with E-state index in [2.05, 4.69) is 10.3 Å². The van der Waals surface area contributed by atoms with Crippen LogP contribution in [0.4, 0.5) is 5.69 Å². The van der Waals surface area contributed by atoms with Crippen LogP contribution in [0.2, 0.25) is 0 Å². The highest BCUT2D eigenvalue weighted by Gasteiger charge is 2.11. The molecule has 1 amide bonds. The van der Waals surface area contributed by atoms with Crippen molar-refractivity contribution in [2.24, 2.45) is 7.05 Å². The number of anilines is 1. The van der Waals surface area contributed by atoms with Gasteiger partial charge in [0.15, 0.2) is 0 Å². The van der Waals surface area contributed by atoms with Crippen molar-refractivity contribution in [2.45, 2.75) is 6.92 Å². The van der Waals surface area contributed by atoms with Crippen molar-refractivity contribution in [2.75, 3.05) is 5.32 Å². The Balaban J connectivity index is 1.88. The average molecular weight is 253 g/mol. The Labute approximate surface area is 111 Å². The minimum Gasteiger partial charge on any atom is -0.361 e. The van der Waals surface area contributed by atoms with Crippen molar-refractivity contribution in [3.8, 4) is 0 Å². The Morgan fingerprint density at radius 2 is 2.11 bits per heavy atom. The molecule has 2 aromatic heterocycles. The second-order valence-electron chi connectivity index (χ2n) is 4.75. The third-order valence-corrected chi connectivity index (χ3v) is 3.21. The summed E-state index contributed by atoms with van der Waals surface area (Å²) in [6.07, 6.45) is 5.65. The van der Waals surface area contributed by atoms with E-state index in [9.17, 15) is 4.79 Å². The monoisotopic (exact) mass is 253 g/mol. The number of hydrogen-bond donors (Lipinski definition) is 2. The summed E-state index contributed by atoms with van der Waals surface area (Å²) in [6, 6.07) is 7.80. The summed E-state index contributed by atoms with van der Waals surface area (Å²) in [5, 5.41) is 4.01. The molecule has 0 atom stereocenters. The maximum absolute atomic E-state index is 12.2. The van der Waals surface area contributed by atoms with Gasteiger partial charge in [-0.2, -0.15) is 0 Å². The van der Waals surface area contributed by atoms with Gasteiger partial charge in [0, 0.05) is 42.2 Å². The van der Waals surface area contributed by atoms with Crippen LogP contribution in [-0.4, -0.2) is 15.5 Å². The smallest absolute Gasteiger partial charge is 0.257 e. The zero-order chi connectivity index (χ0) is 13.4. The van der Waals surface area contributed by atoms with Crippen LogP contribution in [0.3, 0.4) is 0 Å². The number of aromatic amines is 1. The van der Waals surface area contributed by atoms with Gasteiger partial charge < -0.3 is 14.9 Å². The average Bonchev–Trinajstić information content (AvgIpc) is 2.94. The zero-order valence-corrected chi connectivity index (χ0v) is 10.9. The van der Waals surface area contributed by atoms with Crippen LogP contribution in [0.25, 0.3) is 10.9 Å². The van der Waals surface area contributed by atoms with Crippen LogP contribution in [-0.2, 0) is 7.05 Å². The van der Waals surface area contributed by atoms with Gasteiger partial charge in [-0.3, -0.25) is 4.79 Å². The van der Waals surface area contributed by atoms with Crippen molar-refractivity contribution in [1.29, 1.82) is 0 Å². The molecule has 0 spiro atoms. The molecule has 2 heterocycles. The Morgan fingerprint density at radius 1 is 1.26 bits per heavy atom. The van der Waals surface area contributed by atoms with Gasteiger partial charge in [0.05, 0.1) is 5.56 Å². The van der Waals surface area contributed by atoms with E-state index in [0.717, 1.165) is 22.2 Å². The number of carbonyl (C=O) groups excluding carboxylic acids is 1. The first kappa shape index (κ1) is 11.6. The summed E-state index contributed by atoms with van der Waals surface area (Å²) in [7, 11) is 1.91. The van der Waals surface area contributed by atoms with Crippen molar-refractivity contribution in [3.05, 3.63) is 54.0 Å². The molecule has 4 heteroatoms. The number of aryl methyl sites for hydroxylation is 2. The Bertz CT molecular complexity index is 752. The first-order valence-electron chi connectivity index (χ1n) is 6.14. The number of nitrogens with zero attached hydrogens (tertiary/aromatic N) is 1. The van der Waals surface area contributed by atoms with Gasteiger partial charge in [-0.05, 0) is 36.8 Å². The van der Waals surface area contributed by atoms with E-state index in [0.29, 0.717) is 5.56 Å². The number of hydrogen-bond acceptors (Lipinski definition) is 1. The number of aromatic nitrogens is 2. The topological polar surface area (TPSA) is 49.8 Å². The molecule has 0 unspecified atom stereocenters. The molecule has 0 aliphatic heterocycles. The zero-order valence-electron chi connectivity index (χ0n) is 10.9. The molecule has 0 saturated carbocycles. The van der Waals surface area contributed by atoms with Gasteiger partial charge in [0.2, 0.25) is 0 Å². The lowest BCUT2D eigenvalue weighted by molar-refractivity contribution is 0.102. The van der Waals surface area contributed by atoms with Gasteiger partial charge in [-0.1, -0.05) is 0 Å². The van der Waals surface area contributed by atoms with E-state index in [1.807, 2.05) is 61.4 Å². The molecule has 0 bridgehead atoms. The molecule has 3 rings (SSSR count). The van der Waals surface area contributed by atoms with Crippen molar-refractivity contribution in [1.82, 2.24) is 9.55 Å². The molecule has 0 radical (unpaired) electrons. The number of H-pyrrole nitrogens is 1. The standard InChI is InChI=1S/C15H15N3O/c1-10-8-18(2)9-13(10)15(19)17-12-3-4-14-11(7-12)5-6-16-14/h3-9,16H,1-2H3,(H,17,19). The van der Waals surface area contributed by atoms with Crippen LogP contribution in [0.15, 0.2) is 42.9 Å². The maximum Gasteiger partial charge on any atom is 0.257 e. The van der Waals surface area contributed by atoms with Crippen molar-refractivity contribution in [3.63, 3.8) is 0 Å². The summed E-state index contributed by atoms with van der Waals surface area (Å²) >= 11 is 0. The van der Waals surface area contributed by atoms with Gasteiger partial charge >= 0.3 is 0 Å². The summed E-state index contributed by atoms with van der Waals surface area (Å²) < 4.78 is 1.89. The molecule has 0 fully saturated rings. The molecule has 96 valence electrons. The second kappa shape index (κ2) is 4.31. The Kier molecular flexibility index (Phi) is 2.63. The predicted molar refractivity (Wildman–Crippen MR) is 76.4 cm³/mol. The molecular formula is C15H15N3O. The molecule has 0 saturated heterocycles. The lowest BCUT2D eigenvalue weighted by atomic mass is 10.2. The summed E-state index contributed by atoms with van der Waals surface area (Å²) in [4.78, 5) is 15.3. The highest BCUT2D eigenvalue weighted by Crippen LogP contribution is 2.19. The molecule has 0 aliphatic carbocycles.